The summed E-state index contributed by atoms with van der Waals surface area (Å²) in [7, 11) is -2.82. The average molecular weight is 526 g/mol. The molecular formula is C19H32IN3O2S2. The lowest BCUT2D eigenvalue weighted by molar-refractivity contribution is 0.306. The second kappa shape index (κ2) is 10.4. The molecule has 0 radical (unpaired) electrons. The Bertz CT molecular complexity index is 699. The van der Waals surface area contributed by atoms with E-state index < -0.39 is 9.84 Å². The third-order valence-corrected chi connectivity index (χ3v) is 8.58. The molecule has 1 aliphatic carbocycles. The van der Waals surface area contributed by atoms with E-state index in [1.807, 2.05) is 11.3 Å². The lowest BCUT2D eigenvalue weighted by atomic mass is 9.73. The van der Waals surface area contributed by atoms with Gasteiger partial charge in [-0.3, -0.25) is 4.99 Å². The van der Waals surface area contributed by atoms with Crippen molar-refractivity contribution in [2.45, 2.75) is 50.9 Å². The zero-order chi connectivity index (χ0) is 18.5. The quantitative estimate of drug-likeness (QED) is 0.339. The van der Waals surface area contributed by atoms with Crippen molar-refractivity contribution in [3.63, 3.8) is 0 Å². The first-order valence-corrected chi connectivity index (χ1v) is 12.5. The van der Waals surface area contributed by atoms with Crippen LogP contribution in [0, 0.1) is 5.92 Å². The smallest absolute Gasteiger partial charge is 0.191 e. The number of thiophene rings is 1. The fraction of sp³-hybridized carbons (Fsp3) is 0.737. The number of guanidine groups is 1. The Labute approximate surface area is 184 Å². The summed E-state index contributed by atoms with van der Waals surface area (Å²) in [6, 6.07) is 4.40. The number of hydrogen-bond acceptors (Lipinski definition) is 4. The maximum absolute atomic E-state index is 11.6. The molecule has 154 valence electrons. The van der Waals surface area contributed by atoms with Crippen LogP contribution in [-0.2, 0) is 15.3 Å². The molecule has 2 heterocycles. The van der Waals surface area contributed by atoms with E-state index in [2.05, 4.69) is 35.1 Å². The molecule has 2 fully saturated rings. The predicted octanol–water partition coefficient (Wildman–Crippen LogP) is 3.56. The van der Waals surface area contributed by atoms with Crippen molar-refractivity contribution in [1.82, 2.24) is 10.6 Å². The van der Waals surface area contributed by atoms with Crippen LogP contribution >= 0.6 is 35.3 Å². The summed E-state index contributed by atoms with van der Waals surface area (Å²) in [6.07, 6.45) is 7.04. The molecule has 0 spiro atoms. The first-order chi connectivity index (χ1) is 12.5. The summed E-state index contributed by atoms with van der Waals surface area (Å²) >= 11 is 1.85. The van der Waals surface area contributed by atoms with Gasteiger partial charge in [-0.05, 0) is 43.6 Å². The number of nitrogens with one attached hydrogen (secondary N) is 2. The van der Waals surface area contributed by atoms with Crippen molar-refractivity contribution in [2.75, 3.05) is 31.1 Å². The monoisotopic (exact) mass is 525 g/mol. The first kappa shape index (κ1) is 22.9. The second-order valence-corrected chi connectivity index (χ2v) is 10.8. The molecule has 1 saturated carbocycles. The van der Waals surface area contributed by atoms with Crippen LogP contribution in [0.5, 0.6) is 0 Å². The molecule has 0 bridgehead atoms. The number of rotatable bonds is 6. The third-order valence-electron chi connectivity index (χ3n) is 5.62. The van der Waals surface area contributed by atoms with Crippen LogP contribution in [-0.4, -0.2) is 45.5 Å². The number of aliphatic imine (C=N–C) groups is 1. The summed E-state index contributed by atoms with van der Waals surface area (Å²) in [6.45, 7) is 4.34. The molecule has 1 unspecified atom stereocenters. The van der Waals surface area contributed by atoms with Crippen LogP contribution in [0.3, 0.4) is 0 Å². The van der Waals surface area contributed by atoms with Crippen LogP contribution in [0.15, 0.2) is 22.5 Å². The number of hydrogen-bond donors (Lipinski definition) is 2. The molecule has 1 aliphatic heterocycles. The van der Waals surface area contributed by atoms with Gasteiger partial charge in [-0.25, -0.2) is 8.42 Å². The molecule has 2 N–H and O–H groups in total. The maximum atomic E-state index is 11.6. The fourth-order valence-electron chi connectivity index (χ4n) is 4.14. The normalized spacial score (nSPS) is 24.2. The van der Waals surface area contributed by atoms with Gasteiger partial charge in [0.05, 0.1) is 18.1 Å². The van der Waals surface area contributed by atoms with E-state index in [9.17, 15) is 8.42 Å². The molecule has 1 aromatic heterocycles. The summed E-state index contributed by atoms with van der Waals surface area (Å²) < 4.78 is 23.3. The van der Waals surface area contributed by atoms with Crippen molar-refractivity contribution in [3.8, 4) is 0 Å². The van der Waals surface area contributed by atoms with Gasteiger partial charge in [0.1, 0.15) is 0 Å². The van der Waals surface area contributed by atoms with Gasteiger partial charge in [0.2, 0.25) is 0 Å². The molecule has 3 rings (SSSR count). The van der Waals surface area contributed by atoms with E-state index in [-0.39, 0.29) is 35.3 Å². The van der Waals surface area contributed by atoms with Gasteiger partial charge in [0.15, 0.2) is 15.8 Å². The summed E-state index contributed by atoms with van der Waals surface area (Å²) in [5.41, 5.74) is 0.172. The van der Waals surface area contributed by atoms with E-state index in [4.69, 9.17) is 4.99 Å². The molecule has 0 aromatic carbocycles. The van der Waals surface area contributed by atoms with E-state index in [1.165, 1.54) is 37.0 Å². The zero-order valence-electron chi connectivity index (χ0n) is 16.1. The van der Waals surface area contributed by atoms with Crippen LogP contribution < -0.4 is 10.6 Å². The number of nitrogens with zero attached hydrogens (tertiary/aromatic N) is 1. The van der Waals surface area contributed by atoms with Crippen LogP contribution in [0.1, 0.15) is 50.3 Å². The molecule has 8 heteroatoms. The van der Waals surface area contributed by atoms with Crippen molar-refractivity contribution in [3.05, 3.63) is 22.4 Å². The molecule has 2 aliphatic rings. The molecule has 27 heavy (non-hydrogen) atoms. The SMILES string of the molecule is CCNC(=NCC1(c2cccs2)CCCCC1)NCC1CCS(=O)(=O)C1.I. The Balaban J connectivity index is 0.00000261. The van der Waals surface area contributed by atoms with Gasteiger partial charge in [-0.2, -0.15) is 0 Å². The van der Waals surface area contributed by atoms with Crippen LogP contribution in [0.25, 0.3) is 0 Å². The van der Waals surface area contributed by atoms with Gasteiger partial charge < -0.3 is 10.6 Å². The molecular weight excluding hydrogens is 493 g/mol. The summed E-state index contributed by atoms with van der Waals surface area (Å²) in [4.78, 5) is 6.37. The summed E-state index contributed by atoms with van der Waals surface area (Å²) in [5.74, 6) is 1.65. The molecule has 1 saturated heterocycles. The van der Waals surface area contributed by atoms with Gasteiger partial charge in [-0.1, -0.05) is 25.3 Å². The lowest BCUT2D eigenvalue weighted by Crippen LogP contribution is -2.41. The van der Waals surface area contributed by atoms with Crippen molar-refractivity contribution < 1.29 is 8.42 Å². The molecule has 0 amide bonds. The minimum atomic E-state index is -2.82. The third kappa shape index (κ3) is 6.32. The highest BCUT2D eigenvalue weighted by atomic mass is 127. The van der Waals surface area contributed by atoms with Crippen LogP contribution in [0.2, 0.25) is 0 Å². The Kier molecular flexibility index (Phi) is 8.86. The first-order valence-electron chi connectivity index (χ1n) is 9.80. The summed E-state index contributed by atoms with van der Waals surface area (Å²) in [5, 5.41) is 8.87. The largest absolute Gasteiger partial charge is 0.357 e. The fourth-order valence-corrected chi connectivity index (χ4v) is 6.98. The Morgan fingerprint density at radius 1 is 1.30 bits per heavy atom. The topological polar surface area (TPSA) is 70.6 Å². The van der Waals surface area contributed by atoms with Crippen molar-refractivity contribution in [2.24, 2.45) is 10.9 Å². The predicted molar refractivity (Wildman–Crippen MR) is 125 cm³/mol. The minimum Gasteiger partial charge on any atom is -0.357 e. The Morgan fingerprint density at radius 2 is 2.07 bits per heavy atom. The van der Waals surface area contributed by atoms with Crippen LogP contribution in [0.4, 0.5) is 0 Å². The number of sulfone groups is 1. The highest BCUT2D eigenvalue weighted by Gasteiger charge is 2.35. The van der Waals surface area contributed by atoms with E-state index in [0.29, 0.717) is 18.1 Å². The van der Waals surface area contributed by atoms with Gasteiger partial charge in [-0.15, -0.1) is 35.3 Å². The number of halogens is 1. The standard InChI is InChI=1S/C19H31N3O2S2.HI/c1-2-20-18(21-13-16-8-12-26(23,24)14-16)22-15-19(9-4-3-5-10-19)17-7-6-11-25-17;/h6-7,11,16H,2-5,8-10,12-15H2,1H3,(H2,20,21,22);1H. The highest BCUT2D eigenvalue weighted by molar-refractivity contribution is 14.0. The lowest BCUT2D eigenvalue weighted by Gasteiger charge is -2.35. The van der Waals surface area contributed by atoms with Gasteiger partial charge in [0, 0.05) is 23.4 Å². The Hall–Kier alpha value is -0.350. The van der Waals surface area contributed by atoms with E-state index in [1.54, 1.807) is 0 Å². The highest BCUT2D eigenvalue weighted by Crippen LogP contribution is 2.41. The van der Waals surface area contributed by atoms with Crippen molar-refractivity contribution in [1.29, 1.82) is 0 Å². The second-order valence-electron chi connectivity index (χ2n) is 7.66. The maximum Gasteiger partial charge on any atom is 0.191 e. The van der Waals surface area contributed by atoms with E-state index >= 15 is 0 Å². The molecule has 1 atom stereocenters. The average Bonchev–Trinajstić information content (AvgIpc) is 3.28. The van der Waals surface area contributed by atoms with Gasteiger partial charge in [0.25, 0.3) is 0 Å². The van der Waals surface area contributed by atoms with E-state index in [0.717, 1.165) is 25.5 Å². The molecule has 5 nitrogen and oxygen atoms in total. The minimum absolute atomic E-state index is 0. The van der Waals surface area contributed by atoms with Crippen molar-refractivity contribution >= 4 is 51.1 Å². The zero-order valence-corrected chi connectivity index (χ0v) is 20.0. The van der Waals surface area contributed by atoms with Gasteiger partial charge >= 0.3 is 0 Å². The molecule has 1 aromatic rings. The Morgan fingerprint density at radius 3 is 2.67 bits per heavy atom.